The van der Waals surface area contributed by atoms with Crippen LogP contribution in [0.5, 0.6) is 0 Å². The Labute approximate surface area is 192 Å². The number of aliphatic carboxylic acids is 1. The number of carbonyl (C=O) groups is 3. The third-order valence-corrected chi connectivity index (χ3v) is 9.12. The van der Waals surface area contributed by atoms with E-state index in [0.29, 0.717) is 25.8 Å². The van der Waals surface area contributed by atoms with Crippen LogP contribution in [0.25, 0.3) is 0 Å². The van der Waals surface area contributed by atoms with Gasteiger partial charge in [0, 0.05) is 30.6 Å². The Bertz CT molecular complexity index is 945. The van der Waals surface area contributed by atoms with E-state index in [9.17, 15) is 24.6 Å². The fourth-order valence-corrected chi connectivity index (χ4v) is 8.20. The van der Waals surface area contributed by atoms with Gasteiger partial charge >= 0.3 is 5.97 Å². The summed E-state index contributed by atoms with van der Waals surface area (Å²) < 4.78 is -0.743. The number of aliphatic hydroxyl groups is 1. The van der Waals surface area contributed by atoms with E-state index in [2.05, 4.69) is 6.58 Å². The molecule has 2 amide bonds. The lowest BCUT2D eigenvalue weighted by Gasteiger charge is -2.38. The van der Waals surface area contributed by atoms with E-state index in [-0.39, 0.29) is 30.2 Å². The minimum Gasteiger partial charge on any atom is -0.481 e. The molecule has 3 saturated heterocycles. The highest BCUT2D eigenvalue weighted by Gasteiger charge is 2.74. The molecule has 8 heteroatoms. The van der Waals surface area contributed by atoms with Gasteiger partial charge in [0.25, 0.3) is 5.91 Å². The first-order chi connectivity index (χ1) is 15.3. The van der Waals surface area contributed by atoms with Crippen LogP contribution in [0.15, 0.2) is 30.9 Å². The maximum absolute atomic E-state index is 14.2. The number of carboxylic acid groups (broad SMARTS) is 1. The van der Waals surface area contributed by atoms with Crippen LogP contribution in [0.2, 0.25) is 0 Å². The number of para-hydroxylation sites is 1. The third kappa shape index (κ3) is 3.27. The second-order valence-corrected chi connectivity index (χ2v) is 10.6. The number of thioether (sulfide) groups is 1. The molecule has 0 saturated carbocycles. The highest BCUT2D eigenvalue weighted by molar-refractivity contribution is 8.02. The van der Waals surface area contributed by atoms with Crippen LogP contribution in [0.3, 0.4) is 0 Å². The third-order valence-electron chi connectivity index (χ3n) is 7.16. The van der Waals surface area contributed by atoms with Crippen molar-refractivity contribution in [3.05, 3.63) is 42.0 Å². The first-order valence-electron chi connectivity index (χ1n) is 11.1. The molecule has 5 atom stereocenters. The lowest BCUT2D eigenvalue weighted by atomic mass is 9.71. The number of hydrogen-bond acceptors (Lipinski definition) is 5. The molecular weight excluding hydrogens is 428 g/mol. The summed E-state index contributed by atoms with van der Waals surface area (Å²) in [7, 11) is 0. The van der Waals surface area contributed by atoms with E-state index < -0.39 is 28.6 Å². The van der Waals surface area contributed by atoms with E-state index in [0.717, 1.165) is 16.8 Å². The zero-order chi connectivity index (χ0) is 23.2. The van der Waals surface area contributed by atoms with E-state index >= 15 is 0 Å². The molecule has 7 nitrogen and oxygen atoms in total. The summed E-state index contributed by atoms with van der Waals surface area (Å²) >= 11 is 1.52. The molecule has 1 spiro atoms. The molecule has 3 heterocycles. The van der Waals surface area contributed by atoms with Crippen molar-refractivity contribution < 1.29 is 24.6 Å². The zero-order valence-corrected chi connectivity index (χ0v) is 19.3. The molecule has 2 bridgehead atoms. The number of hydrogen-bond donors (Lipinski definition) is 2. The Morgan fingerprint density at radius 2 is 2.03 bits per heavy atom. The molecule has 2 N–H and O–H groups in total. The van der Waals surface area contributed by atoms with Crippen LogP contribution in [-0.2, 0) is 14.4 Å². The molecule has 2 unspecified atom stereocenters. The van der Waals surface area contributed by atoms with E-state index in [1.165, 1.54) is 11.8 Å². The van der Waals surface area contributed by atoms with Gasteiger partial charge in [-0.15, -0.1) is 18.3 Å². The largest absolute Gasteiger partial charge is 0.481 e. The summed E-state index contributed by atoms with van der Waals surface area (Å²) in [6.45, 7) is 8.16. The van der Waals surface area contributed by atoms with Crippen molar-refractivity contribution in [1.82, 2.24) is 4.90 Å². The molecule has 4 rings (SSSR count). The van der Waals surface area contributed by atoms with Gasteiger partial charge in [0.05, 0.1) is 16.6 Å². The highest BCUT2D eigenvalue weighted by atomic mass is 32.2. The second kappa shape index (κ2) is 8.56. The minimum atomic E-state index is -0.963. The maximum Gasteiger partial charge on any atom is 0.308 e. The number of aliphatic hydroxyl groups excluding tert-OH is 1. The fraction of sp³-hybridized carbons (Fsp3) is 0.542. The predicted octanol–water partition coefficient (Wildman–Crippen LogP) is 2.38. The van der Waals surface area contributed by atoms with Crippen molar-refractivity contribution in [2.45, 2.75) is 49.1 Å². The molecule has 172 valence electrons. The SMILES string of the molecule is C=CCN(C(=O)C1N(CCCO)C(=O)[C@@H]2[C@H](C(=O)O)[C@@H]3CCC12S3)c1c(C)cccc1C. The number of carboxylic acids is 1. The molecule has 0 aliphatic carbocycles. The van der Waals surface area contributed by atoms with Gasteiger partial charge in [-0.3, -0.25) is 14.4 Å². The van der Waals surface area contributed by atoms with Crippen LogP contribution < -0.4 is 4.90 Å². The summed E-state index contributed by atoms with van der Waals surface area (Å²) in [4.78, 5) is 43.1. The highest BCUT2D eigenvalue weighted by Crippen LogP contribution is 2.66. The zero-order valence-electron chi connectivity index (χ0n) is 18.5. The number of nitrogens with zero attached hydrogens (tertiary/aromatic N) is 2. The first kappa shape index (κ1) is 22.9. The van der Waals surface area contributed by atoms with Crippen LogP contribution in [0, 0.1) is 25.7 Å². The Kier molecular flexibility index (Phi) is 6.11. The van der Waals surface area contributed by atoms with Gasteiger partial charge in [0.15, 0.2) is 0 Å². The van der Waals surface area contributed by atoms with Crippen molar-refractivity contribution in [3.8, 4) is 0 Å². The topological polar surface area (TPSA) is 98.2 Å². The maximum atomic E-state index is 14.2. The smallest absolute Gasteiger partial charge is 0.308 e. The van der Waals surface area contributed by atoms with Gasteiger partial charge < -0.3 is 20.0 Å². The molecule has 3 aliphatic rings. The number of likely N-dealkylation sites (tertiary alicyclic amines) is 1. The van der Waals surface area contributed by atoms with E-state index in [4.69, 9.17) is 0 Å². The lowest BCUT2D eigenvalue weighted by molar-refractivity contribution is -0.148. The number of carbonyl (C=O) groups excluding carboxylic acids is 2. The Hall–Kier alpha value is -2.32. The summed E-state index contributed by atoms with van der Waals surface area (Å²) in [6, 6.07) is 5.08. The quantitative estimate of drug-likeness (QED) is 0.581. The van der Waals surface area contributed by atoms with E-state index in [1.807, 2.05) is 32.0 Å². The van der Waals surface area contributed by atoms with E-state index in [1.54, 1.807) is 15.9 Å². The molecule has 0 radical (unpaired) electrons. The number of anilines is 1. The van der Waals surface area contributed by atoms with Crippen molar-refractivity contribution in [1.29, 1.82) is 0 Å². The number of rotatable bonds is 8. The predicted molar refractivity (Wildman–Crippen MR) is 124 cm³/mol. The van der Waals surface area contributed by atoms with Gasteiger partial charge in [-0.05, 0) is 44.2 Å². The second-order valence-electron chi connectivity index (χ2n) is 8.98. The standard InChI is InChI=1S/C24H30N2O5S/c1-4-11-25(19-14(2)7-5-8-15(19)3)22(29)20-24-10-9-16(32-24)17(23(30)31)18(24)21(28)26(20)12-6-13-27/h4-5,7-8,16-18,20,27H,1,6,9-13H2,2-3H3,(H,30,31)/t16-,17+,18-,20?,24?/m0/s1. The molecule has 1 aromatic rings. The number of fused-ring (bicyclic) bond motifs is 1. The van der Waals surface area contributed by atoms with Crippen molar-refractivity contribution in [2.75, 3.05) is 24.6 Å². The Balaban J connectivity index is 1.81. The molecule has 0 aromatic heterocycles. The van der Waals surface area contributed by atoms with Crippen LogP contribution >= 0.6 is 11.8 Å². The first-order valence-corrected chi connectivity index (χ1v) is 12.0. The molecule has 3 aliphatic heterocycles. The van der Waals surface area contributed by atoms with Gasteiger partial charge in [0.1, 0.15) is 6.04 Å². The fourth-order valence-electron chi connectivity index (χ4n) is 6.00. The average molecular weight is 459 g/mol. The number of aryl methyl sites for hydroxylation is 2. The van der Waals surface area contributed by atoms with Crippen LogP contribution in [-0.4, -0.2) is 68.6 Å². The van der Waals surface area contributed by atoms with Crippen molar-refractivity contribution >= 4 is 35.2 Å². The minimum absolute atomic E-state index is 0.103. The van der Waals surface area contributed by atoms with Gasteiger partial charge in [-0.2, -0.15) is 0 Å². The summed E-state index contributed by atoms with van der Waals surface area (Å²) in [5.41, 5.74) is 2.71. The number of benzene rings is 1. The molecule has 32 heavy (non-hydrogen) atoms. The lowest BCUT2D eigenvalue weighted by Crippen LogP contribution is -2.55. The number of amides is 2. The monoisotopic (exact) mass is 458 g/mol. The van der Waals surface area contributed by atoms with Crippen LogP contribution in [0.4, 0.5) is 5.69 Å². The average Bonchev–Trinajstić information content (AvgIpc) is 3.38. The normalized spacial score (nSPS) is 30.5. The van der Waals surface area contributed by atoms with Gasteiger partial charge in [-0.1, -0.05) is 24.3 Å². The van der Waals surface area contributed by atoms with Crippen LogP contribution in [0.1, 0.15) is 30.4 Å². The van der Waals surface area contributed by atoms with Crippen molar-refractivity contribution in [2.24, 2.45) is 11.8 Å². The van der Waals surface area contributed by atoms with Gasteiger partial charge in [0.2, 0.25) is 5.91 Å². The summed E-state index contributed by atoms with van der Waals surface area (Å²) in [6.07, 6.45) is 3.35. The summed E-state index contributed by atoms with van der Waals surface area (Å²) in [5, 5.41) is 19.2. The Morgan fingerprint density at radius 1 is 1.34 bits per heavy atom. The van der Waals surface area contributed by atoms with Crippen molar-refractivity contribution in [3.63, 3.8) is 0 Å². The van der Waals surface area contributed by atoms with Gasteiger partial charge in [-0.25, -0.2) is 0 Å². The molecule has 3 fully saturated rings. The summed E-state index contributed by atoms with van der Waals surface area (Å²) in [5.74, 6) is -2.91. The Morgan fingerprint density at radius 3 is 2.62 bits per heavy atom. The molecular formula is C24H30N2O5S. The molecule has 1 aromatic carbocycles.